The van der Waals surface area contributed by atoms with E-state index in [1.54, 1.807) is 12.1 Å². The second-order valence-corrected chi connectivity index (χ2v) is 8.29. The zero-order chi connectivity index (χ0) is 25.5. The van der Waals surface area contributed by atoms with Crippen molar-refractivity contribution in [2.24, 2.45) is 5.10 Å². The number of hydrogen-bond donors (Lipinski definition) is 3. The molecule has 0 fully saturated rings. The van der Waals surface area contributed by atoms with Crippen LogP contribution in [-0.4, -0.2) is 26.4 Å². The first kappa shape index (κ1) is 23.9. The highest BCUT2D eigenvalue weighted by Gasteiger charge is 2.32. The van der Waals surface area contributed by atoms with Gasteiger partial charge in [-0.25, -0.2) is 5.43 Å². The number of hydrogen-bond acceptors (Lipinski definition) is 4. The van der Waals surface area contributed by atoms with Gasteiger partial charge in [0, 0.05) is 16.6 Å². The summed E-state index contributed by atoms with van der Waals surface area (Å²) in [6.45, 7) is 5.24. The fourth-order valence-corrected chi connectivity index (χ4v) is 4.02. The Balaban J connectivity index is 1.86. The van der Waals surface area contributed by atoms with Crippen LogP contribution in [0.5, 0.6) is 11.6 Å². The lowest BCUT2D eigenvalue weighted by molar-refractivity contribution is -0.137. The van der Waals surface area contributed by atoms with Crippen LogP contribution in [0.2, 0.25) is 0 Å². The maximum Gasteiger partial charge on any atom is 0.416 e. The topological polar surface area (TPSA) is 86.8 Å². The number of aromatic hydroxyl groups is 2. The third kappa shape index (κ3) is 4.70. The summed E-state index contributed by atoms with van der Waals surface area (Å²) in [6.07, 6.45) is -4.57. The number of alkyl halides is 3. The molecule has 0 unspecified atom stereocenters. The summed E-state index contributed by atoms with van der Waals surface area (Å²) >= 11 is 0. The second kappa shape index (κ2) is 8.83. The molecular formula is C26H22F3N3O3. The molecule has 0 saturated carbocycles. The molecule has 0 bridgehead atoms. The average molecular weight is 481 g/mol. The summed E-state index contributed by atoms with van der Waals surface area (Å²) in [5, 5.41) is 25.0. The van der Waals surface area contributed by atoms with E-state index in [1.807, 2.05) is 19.9 Å². The molecule has 4 rings (SSSR count). The van der Waals surface area contributed by atoms with Gasteiger partial charge in [-0.1, -0.05) is 12.1 Å². The number of fused-ring (bicyclic) bond motifs is 1. The monoisotopic (exact) mass is 481 g/mol. The van der Waals surface area contributed by atoms with E-state index in [4.69, 9.17) is 0 Å². The highest BCUT2D eigenvalue weighted by atomic mass is 19.4. The highest BCUT2D eigenvalue weighted by molar-refractivity contribution is 6.13. The van der Waals surface area contributed by atoms with Crippen LogP contribution in [0, 0.1) is 13.8 Å². The van der Waals surface area contributed by atoms with Crippen molar-refractivity contribution in [1.82, 2.24) is 9.99 Å². The number of phenolic OH excluding ortho intramolecular Hbond substituents is 1. The van der Waals surface area contributed by atoms with Crippen molar-refractivity contribution < 1.29 is 28.2 Å². The number of phenols is 1. The molecule has 3 N–H and O–H groups in total. The number of nitrogens with one attached hydrogen (secondary N) is 1. The summed E-state index contributed by atoms with van der Waals surface area (Å²) in [5.74, 6) is -0.853. The molecule has 35 heavy (non-hydrogen) atoms. The molecule has 0 aliphatic carbocycles. The minimum Gasteiger partial charge on any atom is -0.508 e. The Bertz CT molecular complexity index is 1450. The fraction of sp³-hybridized carbons (Fsp3) is 0.154. The van der Waals surface area contributed by atoms with Crippen molar-refractivity contribution >= 4 is 22.5 Å². The first-order valence-electron chi connectivity index (χ1n) is 10.6. The van der Waals surface area contributed by atoms with Crippen LogP contribution in [0.4, 0.5) is 13.2 Å². The molecule has 3 aromatic carbocycles. The van der Waals surface area contributed by atoms with Crippen LogP contribution in [0.1, 0.15) is 39.5 Å². The molecule has 1 aromatic heterocycles. The van der Waals surface area contributed by atoms with Gasteiger partial charge in [-0.15, -0.1) is 0 Å². The Morgan fingerprint density at radius 3 is 2.17 bits per heavy atom. The molecule has 0 atom stereocenters. The highest BCUT2D eigenvalue weighted by Crippen LogP contribution is 2.39. The van der Waals surface area contributed by atoms with Gasteiger partial charge in [0.1, 0.15) is 5.75 Å². The van der Waals surface area contributed by atoms with Gasteiger partial charge in [-0.3, -0.25) is 9.36 Å². The van der Waals surface area contributed by atoms with E-state index in [1.165, 1.54) is 41.8 Å². The molecule has 1 heterocycles. The van der Waals surface area contributed by atoms with Crippen LogP contribution in [-0.2, 0) is 6.18 Å². The summed E-state index contributed by atoms with van der Waals surface area (Å²) in [4.78, 5) is 12.4. The predicted octanol–water partition coefficient (Wildman–Crippen LogP) is 5.83. The number of hydrazone groups is 1. The van der Waals surface area contributed by atoms with Gasteiger partial charge < -0.3 is 10.2 Å². The molecular weight excluding hydrogens is 459 g/mol. The summed E-state index contributed by atoms with van der Waals surface area (Å²) in [6, 6.07) is 14.2. The zero-order valence-corrected chi connectivity index (χ0v) is 19.1. The number of aryl methyl sites for hydroxylation is 2. The third-order valence-corrected chi connectivity index (χ3v) is 5.55. The molecule has 0 aliphatic rings. The Labute approximate surface area is 198 Å². The maximum absolute atomic E-state index is 13.5. The number of carbonyl (C=O) groups excluding carboxylic acids is 1. The van der Waals surface area contributed by atoms with Crippen LogP contribution >= 0.6 is 0 Å². The summed E-state index contributed by atoms with van der Waals surface area (Å²) < 4.78 is 41.8. The number of carbonyl (C=O) groups is 1. The van der Waals surface area contributed by atoms with Gasteiger partial charge in [0.15, 0.2) is 0 Å². The van der Waals surface area contributed by atoms with Crippen LogP contribution in [0.3, 0.4) is 0 Å². The predicted molar refractivity (Wildman–Crippen MR) is 127 cm³/mol. The van der Waals surface area contributed by atoms with Crippen molar-refractivity contribution in [3.05, 3.63) is 88.5 Å². The van der Waals surface area contributed by atoms with E-state index < -0.39 is 17.6 Å². The Kier molecular flexibility index (Phi) is 6.02. The maximum atomic E-state index is 13.5. The van der Waals surface area contributed by atoms with E-state index in [2.05, 4.69) is 10.5 Å². The van der Waals surface area contributed by atoms with Gasteiger partial charge in [0.05, 0.1) is 22.4 Å². The smallest absolute Gasteiger partial charge is 0.416 e. The van der Waals surface area contributed by atoms with Gasteiger partial charge in [0.2, 0.25) is 5.88 Å². The fourth-order valence-electron chi connectivity index (χ4n) is 4.02. The van der Waals surface area contributed by atoms with E-state index in [0.29, 0.717) is 11.1 Å². The van der Waals surface area contributed by atoms with Crippen molar-refractivity contribution in [3.8, 4) is 17.3 Å². The Morgan fingerprint density at radius 1 is 0.943 bits per heavy atom. The molecule has 0 spiro atoms. The van der Waals surface area contributed by atoms with Gasteiger partial charge in [0.25, 0.3) is 5.91 Å². The van der Waals surface area contributed by atoms with Crippen molar-refractivity contribution in [3.63, 3.8) is 0 Å². The van der Waals surface area contributed by atoms with Crippen LogP contribution < -0.4 is 5.43 Å². The zero-order valence-electron chi connectivity index (χ0n) is 19.1. The van der Waals surface area contributed by atoms with E-state index in [-0.39, 0.29) is 34.0 Å². The number of amides is 1. The molecule has 4 aromatic rings. The Morgan fingerprint density at radius 2 is 1.57 bits per heavy atom. The Hall–Kier alpha value is -4.27. The van der Waals surface area contributed by atoms with Gasteiger partial charge in [-0.2, -0.15) is 18.3 Å². The molecule has 0 radical (unpaired) electrons. The minimum atomic E-state index is -4.57. The first-order chi connectivity index (χ1) is 16.5. The molecule has 6 nitrogen and oxygen atoms in total. The van der Waals surface area contributed by atoms with Crippen molar-refractivity contribution in [1.29, 1.82) is 0 Å². The SMILES string of the molecule is C/C(=N\NC(=O)c1ccc(O)cc1)c1c(O)n(-c2cc(C)cc(C)c2)c2cc(C(F)(F)F)ccc12. The lowest BCUT2D eigenvalue weighted by atomic mass is 10.1. The molecule has 0 aliphatic heterocycles. The number of nitrogens with zero attached hydrogens (tertiary/aromatic N) is 2. The number of benzene rings is 3. The van der Waals surface area contributed by atoms with E-state index >= 15 is 0 Å². The standard InChI is InChI=1S/C26H22F3N3O3/c1-14-10-15(2)12-19(11-14)32-22-13-18(26(27,28)29)6-9-21(22)23(25(32)35)16(3)30-31-24(34)17-4-7-20(33)8-5-17/h4-13,33,35H,1-3H3,(H,31,34)/b30-16+. The second-order valence-electron chi connectivity index (χ2n) is 8.29. The quantitative estimate of drug-likeness (QED) is 0.253. The number of halogens is 3. The normalized spacial score (nSPS) is 12.2. The van der Waals surface area contributed by atoms with Gasteiger partial charge >= 0.3 is 6.18 Å². The summed E-state index contributed by atoms with van der Waals surface area (Å²) in [7, 11) is 0. The molecule has 9 heteroatoms. The molecule has 1 amide bonds. The minimum absolute atomic E-state index is 0.00331. The van der Waals surface area contributed by atoms with Crippen LogP contribution in [0.25, 0.3) is 16.6 Å². The van der Waals surface area contributed by atoms with E-state index in [9.17, 15) is 28.2 Å². The molecule has 0 saturated heterocycles. The number of aromatic nitrogens is 1. The van der Waals surface area contributed by atoms with Gasteiger partial charge in [-0.05, 0) is 80.4 Å². The van der Waals surface area contributed by atoms with Crippen LogP contribution in [0.15, 0.2) is 65.8 Å². The number of rotatable bonds is 4. The molecule has 180 valence electrons. The third-order valence-electron chi connectivity index (χ3n) is 5.55. The lowest BCUT2D eigenvalue weighted by Crippen LogP contribution is -2.19. The van der Waals surface area contributed by atoms with Crippen molar-refractivity contribution in [2.75, 3.05) is 0 Å². The first-order valence-corrected chi connectivity index (χ1v) is 10.6. The van der Waals surface area contributed by atoms with E-state index in [0.717, 1.165) is 23.3 Å². The lowest BCUT2D eigenvalue weighted by Gasteiger charge is -2.11. The average Bonchev–Trinajstić information content (AvgIpc) is 3.07. The van der Waals surface area contributed by atoms with Crippen molar-refractivity contribution in [2.45, 2.75) is 26.9 Å². The summed E-state index contributed by atoms with van der Waals surface area (Å²) in [5.41, 5.74) is 4.56. The largest absolute Gasteiger partial charge is 0.508 e.